The van der Waals surface area contributed by atoms with Crippen LogP contribution in [-0.4, -0.2) is 25.7 Å². The summed E-state index contributed by atoms with van der Waals surface area (Å²) in [5, 5.41) is 2.18. The molecule has 0 aliphatic rings. The van der Waals surface area contributed by atoms with Crippen molar-refractivity contribution in [1.82, 2.24) is 0 Å². The highest BCUT2D eigenvalue weighted by atomic mass is 35.5. The van der Waals surface area contributed by atoms with Crippen molar-refractivity contribution in [2.45, 2.75) is 90.6 Å². The van der Waals surface area contributed by atoms with E-state index in [1.54, 1.807) is 7.11 Å². The second kappa shape index (κ2) is 15.2. The van der Waals surface area contributed by atoms with E-state index < -0.39 is 0 Å². The van der Waals surface area contributed by atoms with Gasteiger partial charge in [0.15, 0.2) is 11.5 Å². The quantitative estimate of drug-likeness (QED) is 0.179. The van der Waals surface area contributed by atoms with Crippen LogP contribution < -0.4 is 14.2 Å². The Morgan fingerprint density at radius 1 is 0.871 bits per heavy atom. The zero-order valence-corrected chi connectivity index (χ0v) is 20.5. The van der Waals surface area contributed by atoms with Crippen LogP contribution in [0.15, 0.2) is 30.3 Å². The van der Waals surface area contributed by atoms with Crippen molar-refractivity contribution < 1.29 is 14.2 Å². The molecule has 0 spiro atoms. The number of ether oxygens (including phenoxy) is 3. The maximum atomic E-state index is 6.27. The Labute approximate surface area is 194 Å². The molecule has 0 amide bonds. The van der Waals surface area contributed by atoms with Crippen LogP contribution in [-0.2, 0) is 0 Å². The molecule has 2 aromatic carbocycles. The lowest BCUT2D eigenvalue weighted by atomic mass is 10.1. The van der Waals surface area contributed by atoms with Crippen LogP contribution in [0.1, 0.15) is 84.5 Å². The second-order valence-electron chi connectivity index (χ2n) is 8.28. The zero-order chi connectivity index (χ0) is 22.3. The van der Waals surface area contributed by atoms with Crippen molar-refractivity contribution in [3.8, 4) is 17.2 Å². The van der Waals surface area contributed by atoms with E-state index >= 15 is 0 Å². The van der Waals surface area contributed by atoms with E-state index in [1.165, 1.54) is 44.9 Å². The summed E-state index contributed by atoms with van der Waals surface area (Å²) in [6.45, 7) is 5.15. The summed E-state index contributed by atoms with van der Waals surface area (Å²) in [6.07, 6.45) is 13.3. The minimum Gasteiger partial charge on any atom is -0.492 e. The number of methoxy groups -OCH3 is 1. The molecule has 0 heterocycles. The highest BCUT2D eigenvalue weighted by Crippen LogP contribution is 2.37. The molecule has 0 fully saturated rings. The molecule has 0 saturated carbocycles. The number of hydrogen-bond acceptors (Lipinski definition) is 3. The molecule has 2 aromatic rings. The third-order valence-corrected chi connectivity index (χ3v) is 6.05. The molecule has 0 saturated heterocycles. The van der Waals surface area contributed by atoms with Gasteiger partial charge >= 0.3 is 0 Å². The van der Waals surface area contributed by atoms with Crippen LogP contribution >= 0.6 is 11.6 Å². The number of benzene rings is 2. The monoisotopic (exact) mass is 448 g/mol. The summed E-state index contributed by atoms with van der Waals surface area (Å²) < 4.78 is 18.0. The van der Waals surface area contributed by atoms with Gasteiger partial charge in [-0.3, -0.25) is 0 Å². The molecule has 4 heteroatoms. The molecular weight excluding hydrogens is 408 g/mol. The minimum atomic E-state index is 0.281. The van der Waals surface area contributed by atoms with E-state index in [0.29, 0.717) is 6.61 Å². The summed E-state index contributed by atoms with van der Waals surface area (Å²) in [6, 6.07) is 10.4. The predicted molar refractivity (Wildman–Crippen MR) is 133 cm³/mol. The van der Waals surface area contributed by atoms with Gasteiger partial charge in [-0.05, 0) is 61.8 Å². The predicted octanol–water partition coefficient (Wildman–Crippen LogP) is 8.54. The molecule has 1 unspecified atom stereocenters. The van der Waals surface area contributed by atoms with Gasteiger partial charge in [0.1, 0.15) is 5.75 Å². The molecule has 3 nitrogen and oxygen atoms in total. The molecule has 2 rings (SSSR count). The number of halogens is 1. The topological polar surface area (TPSA) is 27.7 Å². The Morgan fingerprint density at radius 3 is 2.35 bits per heavy atom. The molecule has 174 valence electrons. The molecule has 31 heavy (non-hydrogen) atoms. The Hall–Kier alpha value is -1.61. The zero-order valence-electron chi connectivity index (χ0n) is 19.8. The van der Waals surface area contributed by atoms with E-state index in [-0.39, 0.29) is 6.10 Å². The summed E-state index contributed by atoms with van der Waals surface area (Å²) in [5.74, 6) is 3.33. The summed E-state index contributed by atoms with van der Waals surface area (Å²) in [7, 11) is 1.71. The maximum Gasteiger partial charge on any atom is 0.168 e. The SMILES string of the molecule is CCCCCC(CC)Oc1ccc2c(OC)c(OCCCCCCCCCl)ccc2c1. The fraction of sp³-hybridized carbons (Fsp3) is 0.630. The molecule has 0 radical (unpaired) electrons. The molecule has 0 aliphatic heterocycles. The molecule has 0 aliphatic carbocycles. The van der Waals surface area contributed by atoms with Gasteiger partial charge in [0.2, 0.25) is 0 Å². The number of rotatable bonds is 17. The van der Waals surface area contributed by atoms with E-state index in [0.717, 1.165) is 59.6 Å². The van der Waals surface area contributed by atoms with Crippen molar-refractivity contribution in [2.75, 3.05) is 19.6 Å². The first-order valence-corrected chi connectivity index (χ1v) is 12.7. The van der Waals surface area contributed by atoms with Crippen molar-refractivity contribution in [1.29, 1.82) is 0 Å². The van der Waals surface area contributed by atoms with Gasteiger partial charge in [-0.2, -0.15) is 0 Å². The van der Waals surface area contributed by atoms with E-state index in [2.05, 4.69) is 38.1 Å². The Kier molecular flexibility index (Phi) is 12.6. The highest BCUT2D eigenvalue weighted by Gasteiger charge is 2.12. The third-order valence-electron chi connectivity index (χ3n) is 5.78. The Morgan fingerprint density at radius 2 is 1.65 bits per heavy atom. The van der Waals surface area contributed by atoms with Crippen LogP contribution in [0.25, 0.3) is 10.8 Å². The van der Waals surface area contributed by atoms with Crippen molar-refractivity contribution in [3.05, 3.63) is 30.3 Å². The maximum absolute atomic E-state index is 6.27. The lowest BCUT2D eigenvalue weighted by Crippen LogP contribution is -2.15. The molecule has 1 atom stereocenters. The van der Waals surface area contributed by atoms with Crippen LogP contribution in [0.2, 0.25) is 0 Å². The largest absolute Gasteiger partial charge is 0.492 e. The Bertz CT molecular complexity index is 747. The molecule has 0 N–H and O–H groups in total. The number of unbranched alkanes of at least 4 members (excludes halogenated alkanes) is 7. The van der Waals surface area contributed by atoms with Crippen molar-refractivity contribution >= 4 is 22.4 Å². The molecule has 0 bridgehead atoms. The first-order chi connectivity index (χ1) is 15.2. The average molecular weight is 449 g/mol. The lowest BCUT2D eigenvalue weighted by molar-refractivity contribution is 0.183. The highest BCUT2D eigenvalue weighted by molar-refractivity contribution is 6.17. The second-order valence-corrected chi connectivity index (χ2v) is 8.66. The summed E-state index contributed by atoms with van der Waals surface area (Å²) in [4.78, 5) is 0. The van der Waals surface area contributed by atoms with E-state index in [1.807, 2.05) is 6.07 Å². The van der Waals surface area contributed by atoms with Crippen molar-refractivity contribution in [3.63, 3.8) is 0 Å². The number of alkyl halides is 1. The van der Waals surface area contributed by atoms with Crippen LogP contribution in [0.4, 0.5) is 0 Å². The third kappa shape index (κ3) is 8.80. The van der Waals surface area contributed by atoms with Gasteiger partial charge in [0.05, 0.1) is 19.8 Å². The van der Waals surface area contributed by atoms with Gasteiger partial charge in [-0.25, -0.2) is 0 Å². The van der Waals surface area contributed by atoms with Crippen molar-refractivity contribution in [2.24, 2.45) is 0 Å². The Balaban J connectivity index is 1.94. The van der Waals surface area contributed by atoms with Gasteiger partial charge in [-0.1, -0.05) is 58.4 Å². The first kappa shape index (κ1) is 25.6. The van der Waals surface area contributed by atoms with Crippen LogP contribution in [0, 0.1) is 0 Å². The van der Waals surface area contributed by atoms with Gasteiger partial charge in [-0.15, -0.1) is 11.6 Å². The average Bonchev–Trinajstić information content (AvgIpc) is 2.79. The fourth-order valence-electron chi connectivity index (χ4n) is 3.90. The summed E-state index contributed by atoms with van der Waals surface area (Å²) in [5.41, 5.74) is 0. The number of hydrogen-bond donors (Lipinski definition) is 0. The minimum absolute atomic E-state index is 0.281. The molecule has 0 aromatic heterocycles. The lowest BCUT2D eigenvalue weighted by Gasteiger charge is -2.18. The van der Waals surface area contributed by atoms with E-state index in [9.17, 15) is 0 Å². The van der Waals surface area contributed by atoms with Crippen LogP contribution in [0.3, 0.4) is 0 Å². The smallest absolute Gasteiger partial charge is 0.168 e. The standard InChI is InChI=1S/C27H41ClO3/c1-4-6-11-14-23(5-2)31-24-16-17-25-22(21-24)15-18-26(27(25)29-3)30-20-13-10-8-7-9-12-19-28/h15-18,21,23H,4-14,19-20H2,1-3H3. The van der Waals surface area contributed by atoms with Gasteiger partial charge < -0.3 is 14.2 Å². The normalized spacial score (nSPS) is 12.1. The fourth-order valence-corrected chi connectivity index (χ4v) is 4.09. The molecular formula is C27H41ClO3. The summed E-state index contributed by atoms with van der Waals surface area (Å²) >= 11 is 5.72. The van der Waals surface area contributed by atoms with Gasteiger partial charge in [0, 0.05) is 11.3 Å². The van der Waals surface area contributed by atoms with Crippen LogP contribution in [0.5, 0.6) is 17.2 Å². The first-order valence-electron chi connectivity index (χ1n) is 12.2. The number of fused-ring (bicyclic) bond motifs is 1. The van der Waals surface area contributed by atoms with E-state index in [4.69, 9.17) is 25.8 Å². The van der Waals surface area contributed by atoms with Gasteiger partial charge in [0.25, 0.3) is 0 Å².